The van der Waals surface area contributed by atoms with E-state index in [2.05, 4.69) is 31.4 Å². The summed E-state index contributed by atoms with van der Waals surface area (Å²) < 4.78 is 30.2. The standard InChI is InChI=1S/C28H48N2O7S/c1-17(4-9-25(33)30-16-26(34)29-12-13-38(35,36)37)21-7-8-22-20-6-5-18-14-19(31)10-11-27(18,2)23(20)15-24(32)28(21,22)3/h17-24,31-32H,4-16H2,1-3H3,(H,29,34)(H,30,33)(H,35,36,37)/t17-,18-,19-,20+,21-,22+,23+,24+,27+,28-/m1/s1. The fraction of sp³-hybridized carbons (Fsp3) is 0.929. The molecule has 0 saturated heterocycles. The van der Waals surface area contributed by atoms with E-state index >= 15 is 0 Å². The van der Waals surface area contributed by atoms with Crippen LogP contribution in [-0.2, 0) is 19.7 Å². The summed E-state index contributed by atoms with van der Waals surface area (Å²) in [5, 5.41) is 26.9. The minimum absolute atomic E-state index is 0.151. The molecule has 4 saturated carbocycles. The average molecular weight is 557 g/mol. The van der Waals surface area contributed by atoms with Crippen LogP contribution in [0.1, 0.15) is 85.0 Å². The molecule has 10 heteroatoms. The van der Waals surface area contributed by atoms with E-state index in [1.807, 2.05) is 0 Å². The van der Waals surface area contributed by atoms with Gasteiger partial charge in [-0.05, 0) is 104 Å². The van der Waals surface area contributed by atoms with Gasteiger partial charge in [-0.2, -0.15) is 8.42 Å². The van der Waals surface area contributed by atoms with Gasteiger partial charge in [0.05, 0.1) is 24.5 Å². The van der Waals surface area contributed by atoms with Crippen LogP contribution in [0.3, 0.4) is 0 Å². The summed E-state index contributed by atoms with van der Waals surface area (Å²) in [6.45, 7) is 6.46. The summed E-state index contributed by atoms with van der Waals surface area (Å²) in [5.74, 6) is 1.51. The number of hydrogen-bond donors (Lipinski definition) is 5. The van der Waals surface area contributed by atoms with Gasteiger partial charge in [-0.3, -0.25) is 14.1 Å². The number of fused-ring (bicyclic) bond motifs is 5. The fourth-order valence-corrected chi connectivity index (χ4v) is 9.73. The largest absolute Gasteiger partial charge is 0.393 e. The van der Waals surface area contributed by atoms with E-state index in [1.54, 1.807) is 0 Å². The van der Waals surface area contributed by atoms with Gasteiger partial charge in [0, 0.05) is 13.0 Å². The van der Waals surface area contributed by atoms with E-state index in [4.69, 9.17) is 4.55 Å². The number of nitrogens with one attached hydrogen (secondary N) is 2. The molecule has 0 spiro atoms. The van der Waals surface area contributed by atoms with Crippen molar-refractivity contribution in [2.24, 2.45) is 46.3 Å². The minimum atomic E-state index is -4.14. The Hall–Kier alpha value is -1.23. The van der Waals surface area contributed by atoms with Crippen LogP contribution in [0, 0.1) is 46.3 Å². The molecule has 38 heavy (non-hydrogen) atoms. The highest BCUT2D eigenvalue weighted by Gasteiger charge is 2.63. The van der Waals surface area contributed by atoms with Crippen LogP contribution >= 0.6 is 0 Å². The van der Waals surface area contributed by atoms with Gasteiger partial charge in [0.1, 0.15) is 0 Å². The van der Waals surface area contributed by atoms with Crippen molar-refractivity contribution in [3.05, 3.63) is 0 Å². The zero-order valence-electron chi connectivity index (χ0n) is 23.2. The van der Waals surface area contributed by atoms with Gasteiger partial charge in [-0.25, -0.2) is 0 Å². The van der Waals surface area contributed by atoms with Gasteiger partial charge in [0.25, 0.3) is 10.1 Å². The molecule has 4 fully saturated rings. The highest BCUT2D eigenvalue weighted by atomic mass is 32.2. The van der Waals surface area contributed by atoms with Gasteiger partial charge >= 0.3 is 0 Å². The van der Waals surface area contributed by atoms with Crippen molar-refractivity contribution in [1.29, 1.82) is 0 Å². The number of aliphatic hydroxyl groups is 2. The van der Waals surface area contributed by atoms with E-state index in [9.17, 15) is 28.2 Å². The third-order valence-corrected chi connectivity index (χ3v) is 12.2. The molecule has 5 N–H and O–H groups in total. The molecule has 2 amide bonds. The van der Waals surface area contributed by atoms with E-state index < -0.39 is 21.8 Å². The van der Waals surface area contributed by atoms with Crippen molar-refractivity contribution < 1.29 is 32.8 Å². The van der Waals surface area contributed by atoms with E-state index in [1.165, 1.54) is 12.8 Å². The summed E-state index contributed by atoms with van der Waals surface area (Å²) >= 11 is 0. The Kier molecular flexibility index (Phi) is 8.87. The van der Waals surface area contributed by atoms with Crippen LogP contribution in [0.5, 0.6) is 0 Å². The predicted molar refractivity (Wildman–Crippen MR) is 143 cm³/mol. The topological polar surface area (TPSA) is 153 Å². The molecule has 0 radical (unpaired) electrons. The van der Waals surface area contributed by atoms with Crippen LogP contribution in [-0.4, -0.2) is 66.0 Å². The third-order valence-electron chi connectivity index (χ3n) is 11.5. The van der Waals surface area contributed by atoms with Crippen molar-refractivity contribution in [2.75, 3.05) is 18.8 Å². The molecule has 4 aliphatic carbocycles. The van der Waals surface area contributed by atoms with Crippen molar-refractivity contribution in [1.82, 2.24) is 10.6 Å². The monoisotopic (exact) mass is 556 g/mol. The van der Waals surface area contributed by atoms with Crippen LogP contribution in [0.15, 0.2) is 0 Å². The van der Waals surface area contributed by atoms with Crippen molar-refractivity contribution in [3.8, 4) is 0 Å². The zero-order chi connectivity index (χ0) is 27.9. The quantitative estimate of drug-likeness (QED) is 0.274. The molecule has 0 aromatic heterocycles. The molecule has 4 rings (SSSR count). The van der Waals surface area contributed by atoms with Crippen molar-refractivity contribution in [2.45, 2.75) is 97.2 Å². The molecule has 9 nitrogen and oxygen atoms in total. The summed E-state index contributed by atoms with van der Waals surface area (Å²) in [5.41, 5.74) is 0.0618. The summed E-state index contributed by atoms with van der Waals surface area (Å²) in [6, 6.07) is 0. The first kappa shape index (κ1) is 29.7. The smallest absolute Gasteiger partial charge is 0.266 e. The van der Waals surface area contributed by atoms with Crippen LogP contribution in [0.25, 0.3) is 0 Å². The molecule has 0 aliphatic heterocycles. The van der Waals surface area contributed by atoms with Crippen molar-refractivity contribution >= 4 is 21.9 Å². The number of hydrogen-bond acceptors (Lipinski definition) is 6. The average Bonchev–Trinajstić information content (AvgIpc) is 3.20. The molecule has 0 bridgehead atoms. The fourth-order valence-electron chi connectivity index (χ4n) is 9.37. The van der Waals surface area contributed by atoms with Crippen LogP contribution in [0.2, 0.25) is 0 Å². The van der Waals surface area contributed by atoms with Gasteiger partial charge < -0.3 is 20.8 Å². The molecule has 0 aromatic rings. The first-order valence-electron chi connectivity index (χ1n) is 14.6. The SMILES string of the molecule is C[C@H](CCC(=O)NCC(=O)NCCS(=O)(=O)O)[C@H]1CC[C@H]2[C@@H]3CC[C@@H]4C[C@H](O)CC[C@]4(C)[C@H]3C[C@H](O)[C@]12C. The summed E-state index contributed by atoms with van der Waals surface area (Å²) in [4.78, 5) is 24.2. The van der Waals surface area contributed by atoms with Crippen LogP contribution in [0.4, 0.5) is 0 Å². The molecular formula is C28H48N2O7S. The molecule has 0 unspecified atom stereocenters. The molecule has 218 valence electrons. The highest BCUT2D eigenvalue weighted by Crippen LogP contribution is 2.68. The molecular weight excluding hydrogens is 508 g/mol. The zero-order valence-corrected chi connectivity index (χ0v) is 24.0. The maximum atomic E-state index is 12.4. The van der Waals surface area contributed by atoms with E-state index in [0.29, 0.717) is 42.4 Å². The maximum absolute atomic E-state index is 12.4. The molecule has 0 heterocycles. The lowest BCUT2D eigenvalue weighted by atomic mass is 9.43. The Morgan fingerprint density at radius 1 is 0.974 bits per heavy atom. The van der Waals surface area contributed by atoms with Gasteiger partial charge in [0.15, 0.2) is 0 Å². The second-order valence-corrected chi connectivity index (χ2v) is 14.9. The summed E-state index contributed by atoms with van der Waals surface area (Å²) in [7, 11) is -4.14. The Balaban J connectivity index is 1.30. The Bertz CT molecular complexity index is 990. The van der Waals surface area contributed by atoms with Gasteiger partial charge in [0.2, 0.25) is 11.8 Å². The second kappa shape index (κ2) is 11.3. The van der Waals surface area contributed by atoms with Gasteiger partial charge in [-0.1, -0.05) is 20.8 Å². The Labute approximate surface area is 227 Å². The molecule has 4 aliphatic rings. The van der Waals surface area contributed by atoms with Crippen LogP contribution < -0.4 is 10.6 Å². The number of aliphatic hydroxyl groups excluding tert-OH is 2. The second-order valence-electron chi connectivity index (χ2n) is 13.3. The summed E-state index contributed by atoms with van der Waals surface area (Å²) in [6.07, 6.45) is 8.71. The number of carbonyl (C=O) groups excluding carboxylic acids is 2. The molecule has 10 atom stereocenters. The van der Waals surface area contributed by atoms with E-state index in [0.717, 1.165) is 38.5 Å². The first-order valence-corrected chi connectivity index (χ1v) is 16.2. The van der Waals surface area contributed by atoms with Gasteiger partial charge in [-0.15, -0.1) is 0 Å². The normalized spacial score (nSPS) is 41.4. The number of amides is 2. The van der Waals surface area contributed by atoms with E-state index in [-0.39, 0.29) is 48.0 Å². The first-order chi connectivity index (χ1) is 17.8. The third kappa shape index (κ3) is 5.93. The highest BCUT2D eigenvalue weighted by molar-refractivity contribution is 7.85. The number of carbonyl (C=O) groups is 2. The Morgan fingerprint density at radius 3 is 2.42 bits per heavy atom. The minimum Gasteiger partial charge on any atom is -0.393 e. The Morgan fingerprint density at radius 2 is 1.71 bits per heavy atom. The lowest BCUT2D eigenvalue weighted by Crippen LogP contribution is -2.58. The number of rotatable bonds is 9. The molecule has 0 aromatic carbocycles. The lowest BCUT2D eigenvalue weighted by molar-refractivity contribution is -0.175. The lowest BCUT2D eigenvalue weighted by Gasteiger charge is -2.62. The van der Waals surface area contributed by atoms with Crippen molar-refractivity contribution in [3.63, 3.8) is 0 Å². The predicted octanol–water partition coefficient (Wildman–Crippen LogP) is 2.51. The maximum Gasteiger partial charge on any atom is 0.266 e.